The van der Waals surface area contributed by atoms with E-state index in [0.717, 1.165) is 24.3 Å². The van der Waals surface area contributed by atoms with E-state index in [9.17, 15) is 4.79 Å². The van der Waals surface area contributed by atoms with Crippen LogP contribution in [0.4, 0.5) is 0 Å². The molecule has 1 atom stereocenters. The Bertz CT molecular complexity index is 711. The number of ether oxygens (including phenoxy) is 1. The molecule has 1 amide bonds. The maximum atomic E-state index is 11.8. The average Bonchev–Trinajstić information content (AvgIpc) is 3.23. The molecule has 2 aromatic rings. The molecule has 1 aromatic carbocycles. The molecule has 0 spiro atoms. The largest absolute Gasteiger partial charge is 0.491 e. The Balaban J connectivity index is 1.73. The van der Waals surface area contributed by atoms with Crippen molar-refractivity contribution in [1.29, 1.82) is 0 Å². The summed E-state index contributed by atoms with van der Waals surface area (Å²) in [6.45, 7) is 7.27. The summed E-state index contributed by atoms with van der Waals surface area (Å²) < 4.78 is 11.2. The number of hydrogen-bond acceptors (Lipinski definition) is 5. The number of carbonyl (C=O) groups is 1. The van der Waals surface area contributed by atoms with Gasteiger partial charge in [0.1, 0.15) is 5.75 Å². The van der Waals surface area contributed by atoms with Crippen LogP contribution in [0.5, 0.6) is 5.75 Å². The van der Waals surface area contributed by atoms with Crippen LogP contribution in [-0.2, 0) is 4.79 Å². The number of hydrogen-bond donors (Lipinski definition) is 0. The molecule has 6 heteroatoms. The lowest BCUT2D eigenvalue weighted by Crippen LogP contribution is -2.27. The summed E-state index contributed by atoms with van der Waals surface area (Å²) in [6, 6.07) is 7.68. The topological polar surface area (TPSA) is 68.5 Å². The first-order valence-corrected chi connectivity index (χ1v) is 8.45. The lowest BCUT2D eigenvalue weighted by Gasteiger charge is -2.13. The normalized spacial score (nSPS) is 17.5. The Morgan fingerprint density at radius 1 is 1.46 bits per heavy atom. The minimum absolute atomic E-state index is 0.113. The summed E-state index contributed by atoms with van der Waals surface area (Å²) in [5.74, 6) is 2.24. The second-order valence-corrected chi connectivity index (χ2v) is 6.33. The maximum absolute atomic E-state index is 11.8. The molecule has 1 fully saturated rings. The molecule has 0 unspecified atom stereocenters. The predicted octanol–water partition coefficient (Wildman–Crippen LogP) is 3.25. The monoisotopic (exact) mass is 329 g/mol. The molecule has 0 N–H and O–H groups in total. The molecule has 0 radical (unpaired) electrons. The first-order valence-electron chi connectivity index (χ1n) is 8.45. The van der Waals surface area contributed by atoms with E-state index in [1.54, 1.807) is 0 Å². The van der Waals surface area contributed by atoms with E-state index in [-0.39, 0.29) is 17.9 Å². The van der Waals surface area contributed by atoms with E-state index >= 15 is 0 Å². The Kier molecular flexibility index (Phi) is 4.83. The fraction of sp³-hybridized carbons (Fsp3) is 0.500. The van der Waals surface area contributed by atoms with E-state index in [1.165, 1.54) is 0 Å². The number of carbonyl (C=O) groups excluding carboxylic acids is 1. The van der Waals surface area contributed by atoms with Crippen LogP contribution >= 0.6 is 0 Å². The SMILES string of the molecule is CCC(=O)N1CC[C@H](c2nc(-c3cccc(OC(C)C)c3)no2)C1. The second-order valence-electron chi connectivity index (χ2n) is 6.33. The van der Waals surface area contributed by atoms with Crippen LogP contribution in [0.25, 0.3) is 11.4 Å². The summed E-state index contributed by atoms with van der Waals surface area (Å²) in [5.41, 5.74) is 0.864. The quantitative estimate of drug-likeness (QED) is 0.842. The van der Waals surface area contributed by atoms with Crippen LogP contribution in [0.15, 0.2) is 28.8 Å². The third-order valence-corrected chi connectivity index (χ3v) is 4.10. The Morgan fingerprint density at radius 3 is 3.04 bits per heavy atom. The zero-order chi connectivity index (χ0) is 17.1. The molecule has 2 heterocycles. The van der Waals surface area contributed by atoms with Crippen molar-refractivity contribution < 1.29 is 14.1 Å². The fourth-order valence-corrected chi connectivity index (χ4v) is 2.91. The second kappa shape index (κ2) is 7.03. The molecule has 1 aliphatic rings. The lowest BCUT2D eigenvalue weighted by molar-refractivity contribution is -0.129. The van der Waals surface area contributed by atoms with Gasteiger partial charge in [0.2, 0.25) is 17.6 Å². The number of nitrogens with zero attached hydrogens (tertiary/aromatic N) is 3. The smallest absolute Gasteiger partial charge is 0.231 e. The van der Waals surface area contributed by atoms with Crippen LogP contribution in [0.2, 0.25) is 0 Å². The van der Waals surface area contributed by atoms with Crippen molar-refractivity contribution in [2.75, 3.05) is 13.1 Å². The first-order chi connectivity index (χ1) is 11.6. The fourth-order valence-electron chi connectivity index (χ4n) is 2.91. The Hall–Kier alpha value is -2.37. The highest BCUT2D eigenvalue weighted by molar-refractivity contribution is 5.76. The molecule has 1 aliphatic heterocycles. The highest BCUT2D eigenvalue weighted by Gasteiger charge is 2.30. The summed E-state index contributed by atoms with van der Waals surface area (Å²) >= 11 is 0. The molecule has 24 heavy (non-hydrogen) atoms. The van der Waals surface area contributed by atoms with Crippen LogP contribution in [0.3, 0.4) is 0 Å². The average molecular weight is 329 g/mol. The molecule has 6 nitrogen and oxygen atoms in total. The molecular formula is C18H23N3O3. The van der Waals surface area contributed by atoms with Crippen molar-refractivity contribution in [2.45, 2.75) is 45.6 Å². The zero-order valence-electron chi connectivity index (χ0n) is 14.4. The maximum Gasteiger partial charge on any atom is 0.231 e. The van der Waals surface area contributed by atoms with E-state index in [1.807, 2.05) is 49.9 Å². The van der Waals surface area contributed by atoms with Gasteiger partial charge in [-0.3, -0.25) is 4.79 Å². The highest BCUT2D eigenvalue weighted by Crippen LogP contribution is 2.29. The number of rotatable bonds is 5. The predicted molar refractivity (Wildman–Crippen MR) is 89.7 cm³/mol. The first kappa shape index (κ1) is 16.5. The van der Waals surface area contributed by atoms with Gasteiger partial charge in [-0.05, 0) is 32.4 Å². The van der Waals surface area contributed by atoms with Gasteiger partial charge in [0, 0.05) is 25.1 Å². The number of amides is 1. The summed E-state index contributed by atoms with van der Waals surface area (Å²) in [5, 5.41) is 4.10. The highest BCUT2D eigenvalue weighted by atomic mass is 16.5. The summed E-state index contributed by atoms with van der Waals surface area (Å²) in [4.78, 5) is 18.2. The van der Waals surface area contributed by atoms with Gasteiger partial charge in [-0.2, -0.15) is 4.98 Å². The van der Waals surface area contributed by atoms with Crippen LogP contribution in [0.1, 0.15) is 45.4 Å². The van der Waals surface area contributed by atoms with Crippen molar-refractivity contribution in [3.05, 3.63) is 30.2 Å². The van der Waals surface area contributed by atoms with Gasteiger partial charge in [-0.15, -0.1) is 0 Å². The van der Waals surface area contributed by atoms with Crippen LogP contribution < -0.4 is 4.74 Å². The van der Waals surface area contributed by atoms with Gasteiger partial charge >= 0.3 is 0 Å². The van der Waals surface area contributed by atoms with Gasteiger partial charge in [-0.1, -0.05) is 24.2 Å². The molecule has 0 bridgehead atoms. The van der Waals surface area contributed by atoms with Crippen molar-refractivity contribution in [3.63, 3.8) is 0 Å². The third kappa shape index (κ3) is 3.58. The van der Waals surface area contributed by atoms with E-state index in [4.69, 9.17) is 9.26 Å². The third-order valence-electron chi connectivity index (χ3n) is 4.10. The Morgan fingerprint density at radius 2 is 2.29 bits per heavy atom. The van der Waals surface area contributed by atoms with Crippen molar-refractivity contribution in [2.24, 2.45) is 0 Å². The van der Waals surface area contributed by atoms with Gasteiger partial charge in [0.15, 0.2) is 0 Å². The number of likely N-dealkylation sites (tertiary alicyclic amines) is 1. The number of benzene rings is 1. The minimum Gasteiger partial charge on any atom is -0.491 e. The van der Waals surface area contributed by atoms with E-state index < -0.39 is 0 Å². The molecule has 0 aliphatic carbocycles. The van der Waals surface area contributed by atoms with Crippen molar-refractivity contribution in [1.82, 2.24) is 15.0 Å². The lowest BCUT2D eigenvalue weighted by atomic mass is 10.1. The molecular weight excluding hydrogens is 306 g/mol. The van der Waals surface area contributed by atoms with Gasteiger partial charge in [0.25, 0.3) is 0 Å². The molecule has 128 valence electrons. The molecule has 1 saturated heterocycles. The van der Waals surface area contributed by atoms with Gasteiger partial charge < -0.3 is 14.2 Å². The standard InChI is InChI=1S/C18H23N3O3/c1-4-16(22)21-9-8-14(11-21)18-19-17(20-24-18)13-6-5-7-15(10-13)23-12(2)3/h5-7,10,12,14H,4,8-9,11H2,1-3H3/t14-/m0/s1. The molecule has 3 rings (SSSR count). The summed E-state index contributed by atoms with van der Waals surface area (Å²) in [6.07, 6.45) is 1.51. The van der Waals surface area contributed by atoms with Crippen molar-refractivity contribution in [3.8, 4) is 17.1 Å². The Labute approximate surface area is 141 Å². The minimum atomic E-state index is 0.113. The zero-order valence-corrected chi connectivity index (χ0v) is 14.4. The molecule has 1 aromatic heterocycles. The molecule has 0 saturated carbocycles. The van der Waals surface area contributed by atoms with E-state index in [2.05, 4.69) is 10.1 Å². The van der Waals surface area contributed by atoms with E-state index in [0.29, 0.717) is 24.7 Å². The van der Waals surface area contributed by atoms with Gasteiger partial charge in [-0.25, -0.2) is 0 Å². The van der Waals surface area contributed by atoms with Gasteiger partial charge in [0.05, 0.1) is 12.0 Å². The summed E-state index contributed by atoms with van der Waals surface area (Å²) in [7, 11) is 0. The van der Waals surface area contributed by atoms with Crippen molar-refractivity contribution >= 4 is 5.91 Å². The number of aromatic nitrogens is 2. The van der Waals surface area contributed by atoms with Crippen LogP contribution in [0, 0.1) is 0 Å². The van der Waals surface area contributed by atoms with Crippen LogP contribution in [-0.4, -0.2) is 40.1 Å².